The van der Waals surface area contributed by atoms with Crippen LogP contribution < -0.4 is 0 Å². The second-order valence-corrected chi connectivity index (χ2v) is 6.17. The number of Topliss-reactive ketones (excluding diaryl/α,β-unsaturated/α-hetero) is 1. The van der Waals surface area contributed by atoms with Crippen LogP contribution in [0.5, 0.6) is 0 Å². The Morgan fingerprint density at radius 3 is 2.35 bits per heavy atom. The van der Waals surface area contributed by atoms with Crippen LogP contribution in [-0.2, 0) is 0 Å². The maximum Gasteiger partial charge on any atom is 0.231 e. The molecule has 0 aliphatic rings. The van der Waals surface area contributed by atoms with Gasteiger partial charge in [-0.1, -0.05) is 72.3 Å². The van der Waals surface area contributed by atoms with E-state index < -0.39 is 0 Å². The van der Waals surface area contributed by atoms with Crippen molar-refractivity contribution in [2.24, 2.45) is 0 Å². The molecule has 0 saturated carbocycles. The van der Waals surface area contributed by atoms with E-state index >= 15 is 0 Å². The van der Waals surface area contributed by atoms with Crippen molar-refractivity contribution in [2.45, 2.75) is 0 Å². The highest BCUT2D eigenvalue weighted by atomic mass is 35.5. The van der Waals surface area contributed by atoms with E-state index in [2.05, 4.69) is 4.98 Å². The van der Waals surface area contributed by atoms with Gasteiger partial charge in [-0.3, -0.25) is 4.79 Å². The summed E-state index contributed by atoms with van der Waals surface area (Å²) in [7, 11) is 0. The zero-order valence-corrected chi connectivity index (χ0v) is 14.5. The van der Waals surface area contributed by atoms with Crippen molar-refractivity contribution in [1.82, 2.24) is 4.98 Å². The molecule has 0 amide bonds. The van der Waals surface area contributed by atoms with Crippen LogP contribution in [-0.4, -0.2) is 10.8 Å². The Balaban J connectivity index is 1.89. The lowest BCUT2D eigenvalue weighted by Gasteiger charge is -2.05. The molecule has 0 N–H and O–H groups in total. The first-order valence-corrected chi connectivity index (χ1v) is 8.52. The van der Waals surface area contributed by atoms with E-state index in [9.17, 15) is 4.79 Å². The van der Waals surface area contributed by atoms with Gasteiger partial charge in [0.05, 0.1) is 5.57 Å². The minimum atomic E-state index is -0.169. The minimum absolute atomic E-state index is 0.169. The molecule has 0 unspecified atom stereocenters. The first-order chi connectivity index (χ1) is 12.7. The molecule has 3 nitrogen and oxygen atoms in total. The Hall–Kier alpha value is -3.17. The molecule has 3 aromatic carbocycles. The quantitative estimate of drug-likeness (QED) is 0.336. The van der Waals surface area contributed by atoms with Gasteiger partial charge in [-0.05, 0) is 29.8 Å². The highest BCUT2D eigenvalue weighted by molar-refractivity contribution is 6.35. The molecule has 1 aromatic heterocycles. The number of para-hydroxylation sites is 2. The molecule has 4 rings (SSSR count). The van der Waals surface area contributed by atoms with E-state index in [1.54, 1.807) is 24.3 Å². The van der Waals surface area contributed by atoms with E-state index in [0.717, 1.165) is 5.56 Å². The molecule has 0 bridgehead atoms. The molecule has 26 heavy (non-hydrogen) atoms. The number of carbonyl (C=O) groups excluding carboxylic acids is 1. The average Bonchev–Trinajstić information content (AvgIpc) is 3.11. The lowest BCUT2D eigenvalue weighted by atomic mass is 10.0. The van der Waals surface area contributed by atoms with Crippen LogP contribution in [0.3, 0.4) is 0 Å². The lowest BCUT2D eigenvalue weighted by Crippen LogP contribution is -2.03. The maximum absolute atomic E-state index is 13.1. The van der Waals surface area contributed by atoms with E-state index in [-0.39, 0.29) is 11.7 Å². The largest absolute Gasteiger partial charge is 0.436 e. The van der Waals surface area contributed by atoms with Crippen LogP contribution in [0.25, 0.3) is 22.7 Å². The number of ketones is 1. The number of fused-ring (bicyclic) bond motifs is 1. The minimum Gasteiger partial charge on any atom is -0.436 e. The van der Waals surface area contributed by atoms with E-state index in [0.29, 0.717) is 27.3 Å². The topological polar surface area (TPSA) is 43.1 Å². The average molecular weight is 360 g/mol. The number of oxazole rings is 1. The smallest absolute Gasteiger partial charge is 0.231 e. The van der Waals surface area contributed by atoms with Gasteiger partial charge in [-0.15, -0.1) is 0 Å². The number of halogens is 1. The number of hydrogen-bond donors (Lipinski definition) is 0. The molecule has 0 spiro atoms. The van der Waals surface area contributed by atoms with Crippen molar-refractivity contribution in [2.75, 3.05) is 0 Å². The second kappa shape index (κ2) is 6.98. The Labute approximate surface area is 155 Å². The molecule has 0 aliphatic heterocycles. The van der Waals surface area contributed by atoms with Crippen LogP contribution in [0, 0.1) is 0 Å². The third kappa shape index (κ3) is 3.17. The number of benzene rings is 3. The summed E-state index contributed by atoms with van der Waals surface area (Å²) in [6, 6.07) is 23.8. The number of hydrogen-bond acceptors (Lipinski definition) is 3. The first-order valence-electron chi connectivity index (χ1n) is 8.14. The number of nitrogens with zero attached hydrogens (tertiary/aromatic N) is 1. The molecule has 4 heteroatoms. The fourth-order valence-electron chi connectivity index (χ4n) is 2.70. The van der Waals surface area contributed by atoms with E-state index in [4.69, 9.17) is 16.0 Å². The highest BCUT2D eigenvalue weighted by Crippen LogP contribution is 2.28. The van der Waals surface area contributed by atoms with Gasteiger partial charge in [0.25, 0.3) is 0 Å². The number of aromatic nitrogens is 1. The summed E-state index contributed by atoms with van der Waals surface area (Å²) in [6.45, 7) is 0. The Bertz CT molecular complexity index is 1080. The van der Waals surface area contributed by atoms with Crippen molar-refractivity contribution >= 4 is 40.1 Å². The summed E-state index contributed by atoms with van der Waals surface area (Å²) < 4.78 is 5.84. The first kappa shape index (κ1) is 16.3. The van der Waals surface area contributed by atoms with Gasteiger partial charge >= 0.3 is 0 Å². The summed E-state index contributed by atoms with van der Waals surface area (Å²) >= 11 is 6.28. The molecule has 0 radical (unpaired) electrons. The van der Waals surface area contributed by atoms with Gasteiger partial charge in [0.15, 0.2) is 11.4 Å². The van der Waals surface area contributed by atoms with Crippen molar-refractivity contribution in [3.05, 3.63) is 101 Å². The monoisotopic (exact) mass is 359 g/mol. The highest BCUT2D eigenvalue weighted by Gasteiger charge is 2.20. The predicted molar refractivity (Wildman–Crippen MR) is 104 cm³/mol. The number of rotatable bonds is 4. The van der Waals surface area contributed by atoms with E-state index in [1.165, 1.54) is 0 Å². The van der Waals surface area contributed by atoms with Gasteiger partial charge < -0.3 is 4.42 Å². The number of carbonyl (C=O) groups is 1. The van der Waals surface area contributed by atoms with Gasteiger partial charge in [0.1, 0.15) is 5.52 Å². The Kier molecular flexibility index (Phi) is 4.38. The number of allylic oxidation sites excluding steroid dienone is 1. The Morgan fingerprint density at radius 2 is 1.58 bits per heavy atom. The van der Waals surface area contributed by atoms with Crippen LogP contribution >= 0.6 is 11.6 Å². The van der Waals surface area contributed by atoms with Gasteiger partial charge in [0.2, 0.25) is 5.89 Å². The van der Waals surface area contributed by atoms with Crippen molar-refractivity contribution in [3.8, 4) is 0 Å². The standard InChI is InChI=1S/C22H14ClNO2/c23-18-11-5-4-10-16(18)14-17(21(25)15-8-2-1-3-9-15)22-24-19-12-6-7-13-20(19)26-22/h1-14H. The SMILES string of the molecule is O=C(C(=Cc1ccccc1Cl)c1nc2ccccc2o1)c1ccccc1. The normalized spacial score (nSPS) is 11.7. The van der Waals surface area contributed by atoms with Crippen LogP contribution in [0.1, 0.15) is 21.8 Å². The fourth-order valence-corrected chi connectivity index (χ4v) is 2.89. The van der Waals surface area contributed by atoms with Crippen molar-refractivity contribution in [3.63, 3.8) is 0 Å². The molecule has 126 valence electrons. The lowest BCUT2D eigenvalue weighted by molar-refractivity contribution is 0.105. The van der Waals surface area contributed by atoms with Gasteiger partial charge in [-0.2, -0.15) is 0 Å². The molecule has 0 saturated heterocycles. The third-order valence-corrected chi connectivity index (χ3v) is 4.35. The summed E-state index contributed by atoms with van der Waals surface area (Å²) in [5, 5.41) is 0.557. The molecular weight excluding hydrogens is 346 g/mol. The summed E-state index contributed by atoms with van der Waals surface area (Å²) in [5.74, 6) is 0.108. The molecular formula is C22H14ClNO2. The zero-order chi connectivity index (χ0) is 17.9. The molecule has 1 heterocycles. The van der Waals surface area contributed by atoms with Gasteiger partial charge in [0, 0.05) is 10.6 Å². The van der Waals surface area contributed by atoms with Crippen molar-refractivity contribution < 1.29 is 9.21 Å². The zero-order valence-electron chi connectivity index (χ0n) is 13.7. The summed E-state index contributed by atoms with van der Waals surface area (Å²) in [6.07, 6.45) is 1.72. The Morgan fingerprint density at radius 1 is 0.885 bits per heavy atom. The maximum atomic E-state index is 13.1. The fraction of sp³-hybridized carbons (Fsp3) is 0. The molecule has 0 aliphatic carbocycles. The second-order valence-electron chi connectivity index (χ2n) is 5.76. The molecule has 4 aromatic rings. The van der Waals surface area contributed by atoms with Crippen molar-refractivity contribution in [1.29, 1.82) is 0 Å². The van der Waals surface area contributed by atoms with Crippen LogP contribution in [0.15, 0.2) is 83.3 Å². The van der Waals surface area contributed by atoms with E-state index in [1.807, 2.05) is 60.7 Å². The predicted octanol–water partition coefficient (Wildman–Crippen LogP) is 5.90. The van der Waals surface area contributed by atoms with Crippen LogP contribution in [0.4, 0.5) is 0 Å². The molecule has 0 fully saturated rings. The van der Waals surface area contributed by atoms with Crippen LogP contribution in [0.2, 0.25) is 5.02 Å². The van der Waals surface area contributed by atoms with Gasteiger partial charge in [-0.25, -0.2) is 4.98 Å². The third-order valence-electron chi connectivity index (χ3n) is 4.01. The summed E-state index contributed by atoms with van der Waals surface area (Å²) in [4.78, 5) is 17.6. The summed E-state index contributed by atoms with van der Waals surface area (Å²) in [5.41, 5.74) is 2.99. The molecule has 0 atom stereocenters.